The maximum atomic E-state index is 12.5. The monoisotopic (exact) mass is 440 g/mol. The summed E-state index contributed by atoms with van der Waals surface area (Å²) in [7, 11) is 1.79. The molecule has 1 unspecified atom stereocenters. The first-order valence-electron chi connectivity index (χ1n) is 11.0. The number of rotatable bonds is 12. The van der Waals surface area contributed by atoms with Gasteiger partial charge in [-0.3, -0.25) is 10.6 Å². The van der Waals surface area contributed by atoms with Gasteiger partial charge in [-0.1, -0.05) is 20.3 Å². The van der Waals surface area contributed by atoms with E-state index in [9.17, 15) is 4.79 Å². The number of anilines is 2. The highest BCUT2D eigenvalue weighted by molar-refractivity contribution is 5.75. The van der Waals surface area contributed by atoms with Gasteiger partial charge in [0.05, 0.1) is 0 Å². The summed E-state index contributed by atoms with van der Waals surface area (Å²) < 4.78 is 6.94. The summed E-state index contributed by atoms with van der Waals surface area (Å²) in [5.74, 6) is 6.70. The summed E-state index contributed by atoms with van der Waals surface area (Å²) >= 11 is 0. The predicted octanol–water partition coefficient (Wildman–Crippen LogP) is 3.12. The Morgan fingerprint density at radius 1 is 1.19 bits per heavy atom. The third kappa shape index (κ3) is 6.41. The smallest absolute Gasteiger partial charge is 0.285 e. The van der Waals surface area contributed by atoms with Gasteiger partial charge >= 0.3 is 0 Å². The third-order valence-electron chi connectivity index (χ3n) is 5.01. The molecule has 2 aromatic heterocycles. The number of hydrogen-bond acceptors (Lipinski definition) is 8. The van der Waals surface area contributed by atoms with E-state index < -0.39 is 0 Å². The fourth-order valence-electron chi connectivity index (χ4n) is 3.14. The Morgan fingerprint density at radius 2 is 1.97 bits per heavy atom. The average Bonchev–Trinajstić information content (AvgIpc) is 2.79. The number of ether oxygens (including phenoxy) is 1. The van der Waals surface area contributed by atoms with E-state index in [1.54, 1.807) is 24.3 Å². The minimum Gasteiger partial charge on any atom is -0.492 e. The van der Waals surface area contributed by atoms with Crippen molar-refractivity contribution in [1.82, 2.24) is 19.7 Å². The second-order valence-corrected chi connectivity index (χ2v) is 7.69. The van der Waals surface area contributed by atoms with Crippen LogP contribution in [0.15, 0.2) is 47.4 Å². The van der Waals surface area contributed by atoms with Crippen molar-refractivity contribution in [2.45, 2.75) is 45.6 Å². The molecule has 9 heteroatoms. The molecule has 1 aromatic carbocycles. The van der Waals surface area contributed by atoms with Gasteiger partial charge in [0.15, 0.2) is 5.65 Å². The van der Waals surface area contributed by atoms with E-state index in [1.807, 2.05) is 24.3 Å². The van der Waals surface area contributed by atoms with Crippen molar-refractivity contribution in [3.63, 3.8) is 0 Å². The normalized spacial score (nSPS) is 12.2. The van der Waals surface area contributed by atoms with Gasteiger partial charge in [-0.25, -0.2) is 9.99 Å². The summed E-state index contributed by atoms with van der Waals surface area (Å²) in [5.41, 5.74) is 0.991. The summed E-state index contributed by atoms with van der Waals surface area (Å²) in [6, 6.07) is 10.7. The van der Waals surface area contributed by atoms with Gasteiger partial charge in [0.25, 0.3) is 5.56 Å². The molecule has 3 aromatic rings. The fourth-order valence-corrected chi connectivity index (χ4v) is 3.14. The number of hydrogen-bond donors (Lipinski definition) is 2. The van der Waals surface area contributed by atoms with E-state index in [0.29, 0.717) is 24.7 Å². The molecule has 32 heavy (non-hydrogen) atoms. The lowest BCUT2D eigenvalue weighted by atomic mass is 10.1. The molecule has 3 N–H and O–H groups in total. The number of nitrogens with two attached hydrogens (primary N) is 1. The van der Waals surface area contributed by atoms with Crippen molar-refractivity contribution < 1.29 is 9.57 Å². The third-order valence-corrected chi connectivity index (χ3v) is 5.01. The number of hydrazine groups is 1. The minimum absolute atomic E-state index is 0.0452. The highest BCUT2D eigenvalue weighted by atomic mass is 16.7. The van der Waals surface area contributed by atoms with Crippen LogP contribution in [-0.4, -0.2) is 46.0 Å². The molecular weight excluding hydrogens is 408 g/mol. The van der Waals surface area contributed by atoms with Crippen LogP contribution < -0.4 is 26.3 Å². The van der Waals surface area contributed by atoms with Crippen LogP contribution in [0.2, 0.25) is 0 Å². The van der Waals surface area contributed by atoms with E-state index in [-0.39, 0.29) is 11.7 Å². The predicted molar refractivity (Wildman–Crippen MR) is 126 cm³/mol. The topological polar surface area (TPSA) is 108 Å². The van der Waals surface area contributed by atoms with E-state index in [1.165, 1.54) is 10.8 Å². The van der Waals surface area contributed by atoms with Crippen molar-refractivity contribution in [1.29, 1.82) is 0 Å². The molecule has 172 valence electrons. The summed E-state index contributed by atoms with van der Waals surface area (Å²) in [6.07, 6.45) is 5.46. The number of nitrogens with zero attached hydrogens (tertiary/aromatic N) is 4. The van der Waals surface area contributed by atoms with Gasteiger partial charge in [-0.15, -0.1) is 4.73 Å². The zero-order valence-corrected chi connectivity index (χ0v) is 19.0. The summed E-state index contributed by atoms with van der Waals surface area (Å²) in [4.78, 5) is 27.5. The molecule has 0 saturated heterocycles. The van der Waals surface area contributed by atoms with Crippen molar-refractivity contribution >= 4 is 22.7 Å². The Labute approximate surface area is 188 Å². The second kappa shape index (κ2) is 11.4. The van der Waals surface area contributed by atoms with Crippen LogP contribution in [0.25, 0.3) is 11.0 Å². The molecule has 0 saturated carbocycles. The number of unbranched alkanes of at least 4 members (excludes halogenated alkanes) is 1. The zero-order valence-electron chi connectivity index (χ0n) is 19.0. The number of pyridine rings is 1. The SMILES string of the molecule is CCCCC(CC)On1c(=O)ccc2cnc(Nc3ccc(OCCN(C)N)cc3)nc21. The quantitative estimate of drug-likeness (QED) is 0.327. The largest absolute Gasteiger partial charge is 0.492 e. The van der Waals surface area contributed by atoms with Crippen LogP contribution in [0.5, 0.6) is 5.75 Å². The molecule has 0 fully saturated rings. The molecule has 0 amide bonds. The van der Waals surface area contributed by atoms with Crippen molar-refractivity contribution in [2.75, 3.05) is 25.5 Å². The van der Waals surface area contributed by atoms with Gasteiger partial charge in [0.2, 0.25) is 5.95 Å². The highest BCUT2D eigenvalue weighted by Gasteiger charge is 2.13. The van der Waals surface area contributed by atoms with Crippen LogP contribution in [0, 0.1) is 0 Å². The highest BCUT2D eigenvalue weighted by Crippen LogP contribution is 2.19. The van der Waals surface area contributed by atoms with Gasteiger partial charge in [0.1, 0.15) is 18.5 Å². The first-order valence-corrected chi connectivity index (χ1v) is 11.0. The molecule has 0 aliphatic carbocycles. The van der Waals surface area contributed by atoms with E-state index in [4.69, 9.17) is 15.4 Å². The number of aromatic nitrogens is 3. The molecule has 9 nitrogen and oxygen atoms in total. The van der Waals surface area contributed by atoms with Crippen LogP contribution >= 0.6 is 0 Å². The Balaban J connectivity index is 1.77. The van der Waals surface area contributed by atoms with Crippen molar-refractivity contribution in [2.24, 2.45) is 5.84 Å². The molecular formula is C23H32N6O3. The molecule has 0 aliphatic heterocycles. The molecule has 0 bridgehead atoms. The van der Waals surface area contributed by atoms with Gasteiger partial charge in [-0.05, 0) is 49.6 Å². The van der Waals surface area contributed by atoms with Gasteiger partial charge in [-0.2, -0.15) is 4.98 Å². The average molecular weight is 441 g/mol. The Bertz CT molecular complexity index is 1050. The van der Waals surface area contributed by atoms with Crippen LogP contribution in [-0.2, 0) is 0 Å². The lowest BCUT2D eigenvalue weighted by molar-refractivity contribution is 0.0289. The number of benzene rings is 1. The van der Waals surface area contributed by atoms with Crippen molar-refractivity contribution in [3.8, 4) is 5.75 Å². The fraction of sp³-hybridized carbons (Fsp3) is 0.435. The number of nitrogens with one attached hydrogen (secondary N) is 1. The van der Waals surface area contributed by atoms with E-state index in [2.05, 4.69) is 29.1 Å². The molecule has 3 rings (SSSR count). The maximum absolute atomic E-state index is 12.5. The second-order valence-electron chi connectivity index (χ2n) is 7.69. The Hall–Kier alpha value is -3.17. The molecule has 0 radical (unpaired) electrons. The Morgan fingerprint density at radius 3 is 2.66 bits per heavy atom. The van der Waals surface area contributed by atoms with E-state index in [0.717, 1.165) is 42.5 Å². The maximum Gasteiger partial charge on any atom is 0.285 e. The molecule has 1 atom stereocenters. The zero-order chi connectivity index (χ0) is 22.9. The van der Waals surface area contributed by atoms with Crippen LogP contribution in [0.1, 0.15) is 39.5 Å². The molecule has 0 aliphatic rings. The number of likely N-dealkylation sites (N-methyl/N-ethyl adjacent to an activating group) is 1. The Kier molecular flexibility index (Phi) is 8.41. The van der Waals surface area contributed by atoms with E-state index >= 15 is 0 Å². The summed E-state index contributed by atoms with van der Waals surface area (Å²) in [5, 5.41) is 5.47. The lowest BCUT2D eigenvalue weighted by Gasteiger charge is -2.19. The standard InChI is InChI=1S/C23H32N6O3/c1-4-6-7-19(5-2)32-29-21(30)13-8-17-16-25-23(27-22(17)29)26-18-9-11-20(12-10-18)31-15-14-28(3)24/h8-13,16,19H,4-7,14-15,24H2,1-3H3,(H,25,26,27). The molecule has 0 spiro atoms. The lowest BCUT2D eigenvalue weighted by Crippen LogP contribution is -2.33. The van der Waals surface area contributed by atoms with Crippen LogP contribution in [0.4, 0.5) is 11.6 Å². The van der Waals surface area contributed by atoms with Gasteiger partial charge < -0.3 is 14.9 Å². The first kappa shape index (κ1) is 23.5. The van der Waals surface area contributed by atoms with Crippen LogP contribution in [0.3, 0.4) is 0 Å². The van der Waals surface area contributed by atoms with Crippen molar-refractivity contribution in [3.05, 3.63) is 52.9 Å². The number of fused-ring (bicyclic) bond motifs is 1. The van der Waals surface area contributed by atoms with Gasteiger partial charge in [0, 0.05) is 36.9 Å². The minimum atomic E-state index is -0.248. The first-order chi connectivity index (χ1) is 15.5. The molecule has 2 heterocycles. The summed E-state index contributed by atoms with van der Waals surface area (Å²) in [6.45, 7) is 5.33.